The molecule has 0 bridgehead atoms. The Morgan fingerprint density at radius 2 is 1.83 bits per heavy atom. The van der Waals surface area contributed by atoms with Crippen molar-refractivity contribution in [2.75, 3.05) is 0 Å². The second-order valence-electron chi connectivity index (χ2n) is 5.56. The van der Waals surface area contributed by atoms with Crippen LogP contribution < -0.4 is 10.4 Å². The molecule has 0 spiro atoms. The Kier molecular flexibility index (Phi) is 4.74. The largest absolute Gasteiger partial charge is 0.489 e. The van der Waals surface area contributed by atoms with Gasteiger partial charge in [-0.1, -0.05) is 43.7 Å². The molecule has 0 saturated heterocycles. The zero-order valence-corrected chi connectivity index (χ0v) is 13.8. The molecule has 0 N–H and O–H groups in total. The second-order valence-corrected chi connectivity index (χ2v) is 5.56. The van der Waals surface area contributed by atoms with Crippen molar-refractivity contribution in [2.24, 2.45) is 7.05 Å². The maximum Gasteiger partial charge on any atom is 0.368 e. The first-order valence-electron chi connectivity index (χ1n) is 7.98. The summed E-state index contributed by atoms with van der Waals surface area (Å²) in [7, 11) is 1.59. The average Bonchev–Trinajstić information content (AvgIpc) is 2.94. The van der Waals surface area contributed by atoms with Crippen molar-refractivity contribution in [2.45, 2.75) is 26.4 Å². The number of tetrazole rings is 1. The lowest BCUT2D eigenvalue weighted by molar-refractivity contribution is 0.304. The molecule has 0 saturated carbocycles. The van der Waals surface area contributed by atoms with Crippen LogP contribution in [0.3, 0.4) is 0 Å². The molecule has 0 aliphatic carbocycles. The van der Waals surface area contributed by atoms with Crippen LogP contribution in [0, 0.1) is 0 Å². The Bertz CT molecular complexity index is 868. The number of ether oxygens (including phenoxy) is 1. The highest BCUT2D eigenvalue weighted by atomic mass is 16.5. The van der Waals surface area contributed by atoms with E-state index >= 15 is 0 Å². The fraction of sp³-hybridized carbons (Fsp3) is 0.278. The lowest BCUT2D eigenvalue weighted by Gasteiger charge is -2.14. The summed E-state index contributed by atoms with van der Waals surface area (Å²) in [6.07, 6.45) is 1.92. The van der Waals surface area contributed by atoms with Crippen molar-refractivity contribution < 1.29 is 4.74 Å². The van der Waals surface area contributed by atoms with E-state index in [-0.39, 0.29) is 5.69 Å². The van der Waals surface area contributed by atoms with Gasteiger partial charge in [0.1, 0.15) is 12.4 Å². The topological polar surface area (TPSA) is 61.9 Å². The number of nitrogens with zero attached hydrogens (tertiary/aromatic N) is 4. The molecule has 0 radical (unpaired) electrons. The summed E-state index contributed by atoms with van der Waals surface area (Å²) in [5, 5.41) is 7.77. The van der Waals surface area contributed by atoms with Crippen LogP contribution in [0.4, 0.5) is 0 Å². The van der Waals surface area contributed by atoms with Crippen molar-refractivity contribution >= 4 is 0 Å². The van der Waals surface area contributed by atoms with Gasteiger partial charge in [0.25, 0.3) is 0 Å². The van der Waals surface area contributed by atoms with Gasteiger partial charge in [0.2, 0.25) is 0 Å². The fourth-order valence-corrected chi connectivity index (χ4v) is 2.63. The lowest BCUT2D eigenvalue weighted by Crippen LogP contribution is -2.23. The minimum atomic E-state index is -0.274. The van der Waals surface area contributed by atoms with E-state index in [1.54, 1.807) is 7.05 Å². The summed E-state index contributed by atoms with van der Waals surface area (Å²) < 4.78 is 8.46. The quantitative estimate of drug-likeness (QED) is 0.699. The van der Waals surface area contributed by atoms with Gasteiger partial charge in [0, 0.05) is 12.6 Å². The van der Waals surface area contributed by atoms with Gasteiger partial charge in [-0.2, -0.15) is 9.36 Å². The minimum absolute atomic E-state index is 0.274. The van der Waals surface area contributed by atoms with E-state index in [9.17, 15) is 4.79 Å². The summed E-state index contributed by atoms with van der Waals surface area (Å²) in [5.41, 5.74) is 2.56. The van der Waals surface area contributed by atoms with Gasteiger partial charge in [-0.15, -0.1) is 0 Å². The van der Waals surface area contributed by atoms with Crippen LogP contribution in [-0.2, 0) is 20.1 Å². The fourth-order valence-electron chi connectivity index (χ4n) is 2.63. The maximum atomic E-state index is 12.2. The van der Waals surface area contributed by atoms with Crippen LogP contribution in [0.5, 0.6) is 5.75 Å². The number of hydrogen-bond donors (Lipinski definition) is 0. The molecule has 6 heteroatoms. The third kappa shape index (κ3) is 3.22. The predicted octanol–water partition coefficient (Wildman–Crippen LogP) is 2.50. The molecule has 0 unspecified atom stereocenters. The molecule has 3 rings (SSSR count). The van der Waals surface area contributed by atoms with Gasteiger partial charge in [-0.3, -0.25) is 0 Å². The molecule has 1 heterocycles. The van der Waals surface area contributed by atoms with Crippen molar-refractivity contribution in [1.82, 2.24) is 19.8 Å². The molecular formula is C18H20N4O2. The highest BCUT2D eigenvalue weighted by Gasteiger charge is 2.14. The molecular weight excluding hydrogens is 304 g/mol. The molecule has 0 aliphatic rings. The van der Waals surface area contributed by atoms with Gasteiger partial charge in [0.15, 0.2) is 0 Å². The van der Waals surface area contributed by atoms with E-state index in [1.807, 2.05) is 42.5 Å². The summed E-state index contributed by atoms with van der Waals surface area (Å²) in [4.78, 5) is 12.2. The first-order chi connectivity index (χ1) is 11.7. The van der Waals surface area contributed by atoms with Gasteiger partial charge in [-0.25, -0.2) is 4.79 Å². The van der Waals surface area contributed by atoms with Crippen LogP contribution in [0.2, 0.25) is 0 Å². The van der Waals surface area contributed by atoms with E-state index < -0.39 is 0 Å². The van der Waals surface area contributed by atoms with Crippen LogP contribution in [-0.4, -0.2) is 19.8 Å². The standard InChI is InChI=1S/C18H20N4O2/c1-3-8-14-9-7-12-17(22-18(23)21(2)19-20-22)16(14)13-24-15-10-5-4-6-11-15/h4-7,9-12H,3,8,13H2,1-2H3. The molecule has 0 atom stereocenters. The molecule has 0 amide bonds. The van der Waals surface area contributed by atoms with Crippen LogP contribution in [0.15, 0.2) is 53.3 Å². The molecule has 6 nitrogen and oxygen atoms in total. The monoisotopic (exact) mass is 324 g/mol. The lowest BCUT2D eigenvalue weighted by atomic mass is 10.0. The van der Waals surface area contributed by atoms with Gasteiger partial charge >= 0.3 is 5.69 Å². The van der Waals surface area contributed by atoms with Crippen LogP contribution >= 0.6 is 0 Å². The first-order valence-corrected chi connectivity index (χ1v) is 7.98. The maximum absolute atomic E-state index is 12.2. The Morgan fingerprint density at radius 3 is 2.50 bits per heavy atom. The van der Waals surface area contributed by atoms with Gasteiger partial charge in [-0.05, 0) is 40.6 Å². The Balaban J connectivity index is 2.01. The SMILES string of the molecule is CCCc1cccc(-n2nnn(C)c2=O)c1COc1ccccc1. The summed E-state index contributed by atoms with van der Waals surface area (Å²) in [6, 6.07) is 15.5. The highest BCUT2D eigenvalue weighted by Crippen LogP contribution is 2.21. The van der Waals surface area contributed by atoms with Gasteiger partial charge in [0.05, 0.1) is 5.69 Å². The first kappa shape index (κ1) is 16.0. The number of rotatable bonds is 6. The molecule has 0 fully saturated rings. The zero-order chi connectivity index (χ0) is 16.9. The zero-order valence-electron chi connectivity index (χ0n) is 13.8. The average molecular weight is 324 g/mol. The third-order valence-corrected chi connectivity index (χ3v) is 3.84. The molecule has 24 heavy (non-hydrogen) atoms. The second kappa shape index (κ2) is 7.12. The summed E-state index contributed by atoms with van der Waals surface area (Å²) in [5.74, 6) is 0.793. The number of benzene rings is 2. The minimum Gasteiger partial charge on any atom is -0.489 e. The molecule has 1 aromatic heterocycles. The summed E-state index contributed by atoms with van der Waals surface area (Å²) >= 11 is 0. The number of aromatic nitrogens is 4. The molecule has 124 valence electrons. The number of hydrogen-bond acceptors (Lipinski definition) is 4. The van der Waals surface area contributed by atoms with Gasteiger partial charge < -0.3 is 4.74 Å². The molecule has 0 aliphatic heterocycles. The molecule has 3 aromatic rings. The van der Waals surface area contributed by atoms with Crippen molar-refractivity contribution in [1.29, 1.82) is 0 Å². The highest BCUT2D eigenvalue weighted by molar-refractivity contribution is 5.45. The van der Waals surface area contributed by atoms with E-state index in [2.05, 4.69) is 23.4 Å². The van der Waals surface area contributed by atoms with Crippen molar-refractivity contribution in [3.63, 3.8) is 0 Å². The Labute approximate surface area is 140 Å². The van der Waals surface area contributed by atoms with E-state index in [0.717, 1.165) is 35.4 Å². The summed E-state index contributed by atoms with van der Waals surface area (Å²) in [6.45, 7) is 2.50. The smallest absolute Gasteiger partial charge is 0.368 e. The van der Waals surface area contributed by atoms with E-state index in [0.29, 0.717) is 6.61 Å². The number of aryl methyl sites for hydroxylation is 2. The normalized spacial score (nSPS) is 10.8. The Morgan fingerprint density at radius 1 is 1.04 bits per heavy atom. The molecule has 2 aromatic carbocycles. The van der Waals surface area contributed by atoms with Crippen molar-refractivity contribution in [3.8, 4) is 11.4 Å². The van der Waals surface area contributed by atoms with E-state index in [1.165, 1.54) is 9.36 Å². The van der Waals surface area contributed by atoms with Crippen molar-refractivity contribution in [3.05, 3.63) is 70.1 Å². The van der Waals surface area contributed by atoms with Crippen LogP contribution in [0.1, 0.15) is 24.5 Å². The Hall–Kier alpha value is -2.89. The predicted molar refractivity (Wildman–Crippen MR) is 91.4 cm³/mol. The number of para-hydroxylation sites is 1. The third-order valence-electron chi connectivity index (χ3n) is 3.84. The van der Waals surface area contributed by atoms with E-state index in [4.69, 9.17) is 4.74 Å². The van der Waals surface area contributed by atoms with Crippen LogP contribution in [0.25, 0.3) is 5.69 Å².